The van der Waals surface area contributed by atoms with Crippen LogP contribution in [-0.4, -0.2) is 37.4 Å². The lowest BCUT2D eigenvalue weighted by Gasteiger charge is -2.17. The molecular formula is C19H19ClN2O4S3. The van der Waals surface area contributed by atoms with Crippen LogP contribution in [0.2, 0.25) is 5.02 Å². The molecule has 0 radical (unpaired) electrons. The SMILES string of the molecule is CSCC[C@@H](NS(=O)(=O)c1ccc(Cl)cc1)C(=O)OCc1nc2ccccc2s1. The predicted octanol–water partition coefficient (Wildman–Crippen LogP) is 4.09. The van der Waals surface area contributed by atoms with E-state index in [2.05, 4.69) is 9.71 Å². The number of esters is 1. The highest BCUT2D eigenvalue weighted by Gasteiger charge is 2.27. The van der Waals surface area contributed by atoms with Crippen molar-refractivity contribution in [3.8, 4) is 0 Å². The molecule has 0 amide bonds. The van der Waals surface area contributed by atoms with E-state index in [1.54, 1.807) is 0 Å². The number of sulfonamides is 1. The summed E-state index contributed by atoms with van der Waals surface area (Å²) in [5.74, 6) is -0.0276. The number of carbonyl (C=O) groups is 1. The summed E-state index contributed by atoms with van der Waals surface area (Å²) in [6.45, 7) is -0.00335. The zero-order chi connectivity index (χ0) is 20.9. The van der Waals surface area contributed by atoms with E-state index in [9.17, 15) is 13.2 Å². The fourth-order valence-electron chi connectivity index (χ4n) is 2.54. The minimum Gasteiger partial charge on any atom is -0.457 e. The fraction of sp³-hybridized carbons (Fsp3) is 0.263. The van der Waals surface area contributed by atoms with Gasteiger partial charge in [0.15, 0.2) is 0 Å². The zero-order valence-corrected chi connectivity index (χ0v) is 18.7. The lowest BCUT2D eigenvalue weighted by atomic mass is 10.2. The van der Waals surface area contributed by atoms with E-state index in [0.29, 0.717) is 22.2 Å². The minimum atomic E-state index is -3.89. The maximum Gasteiger partial charge on any atom is 0.324 e. The van der Waals surface area contributed by atoms with Crippen molar-refractivity contribution in [1.82, 2.24) is 9.71 Å². The Morgan fingerprint density at radius 2 is 1.97 bits per heavy atom. The third-order valence-electron chi connectivity index (χ3n) is 3.99. The second-order valence-corrected chi connectivity index (χ2v) is 10.3. The van der Waals surface area contributed by atoms with E-state index in [1.807, 2.05) is 30.5 Å². The van der Waals surface area contributed by atoms with Gasteiger partial charge in [-0.25, -0.2) is 13.4 Å². The Morgan fingerprint density at radius 1 is 1.24 bits per heavy atom. The zero-order valence-electron chi connectivity index (χ0n) is 15.5. The minimum absolute atomic E-state index is 0.00335. The summed E-state index contributed by atoms with van der Waals surface area (Å²) in [4.78, 5) is 17.1. The number of ether oxygens (including phenoxy) is 1. The topological polar surface area (TPSA) is 85.4 Å². The van der Waals surface area contributed by atoms with Gasteiger partial charge in [0, 0.05) is 5.02 Å². The summed E-state index contributed by atoms with van der Waals surface area (Å²) in [5, 5.41) is 1.09. The van der Waals surface area contributed by atoms with Crippen LogP contribution in [0.25, 0.3) is 10.2 Å². The van der Waals surface area contributed by atoms with Gasteiger partial charge in [-0.1, -0.05) is 23.7 Å². The molecular weight excluding hydrogens is 452 g/mol. The predicted molar refractivity (Wildman–Crippen MR) is 118 cm³/mol. The quantitative estimate of drug-likeness (QED) is 0.474. The molecule has 0 aliphatic heterocycles. The van der Waals surface area contributed by atoms with Crippen molar-refractivity contribution in [2.24, 2.45) is 0 Å². The van der Waals surface area contributed by atoms with Gasteiger partial charge in [0.1, 0.15) is 17.7 Å². The second-order valence-electron chi connectivity index (χ2n) is 6.09. The summed E-state index contributed by atoms with van der Waals surface area (Å²) in [7, 11) is -3.89. The van der Waals surface area contributed by atoms with E-state index in [4.69, 9.17) is 16.3 Å². The van der Waals surface area contributed by atoms with Gasteiger partial charge in [-0.3, -0.25) is 4.79 Å². The number of carbonyl (C=O) groups excluding carboxylic acids is 1. The van der Waals surface area contributed by atoms with Gasteiger partial charge >= 0.3 is 5.97 Å². The van der Waals surface area contributed by atoms with Crippen molar-refractivity contribution in [3.63, 3.8) is 0 Å². The highest BCUT2D eigenvalue weighted by molar-refractivity contribution is 7.98. The lowest BCUT2D eigenvalue weighted by Crippen LogP contribution is -2.42. The summed E-state index contributed by atoms with van der Waals surface area (Å²) >= 11 is 8.77. The van der Waals surface area contributed by atoms with Crippen molar-refractivity contribution >= 4 is 60.9 Å². The molecule has 1 aromatic heterocycles. The number of para-hydroxylation sites is 1. The fourth-order valence-corrected chi connectivity index (χ4v) is 5.24. The Bertz CT molecular complexity index is 1050. The molecule has 10 heteroatoms. The average molecular weight is 471 g/mol. The van der Waals surface area contributed by atoms with Crippen LogP contribution in [0.15, 0.2) is 53.4 Å². The molecule has 0 aliphatic carbocycles. The number of hydrogen-bond donors (Lipinski definition) is 1. The number of fused-ring (bicyclic) bond motifs is 1. The Balaban J connectivity index is 1.69. The molecule has 0 aliphatic rings. The van der Waals surface area contributed by atoms with Gasteiger partial charge < -0.3 is 4.74 Å². The van der Waals surface area contributed by atoms with E-state index in [-0.39, 0.29) is 11.5 Å². The molecule has 0 bridgehead atoms. The largest absolute Gasteiger partial charge is 0.457 e. The van der Waals surface area contributed by atoms with Gasteiger partial charge in [-0.05, 0) is 54.8 Å². The molecule has 3 aromatic rings. The van der Waals surface area contributed by atoms with Crippen molar-refractivity contribution < 1.29 is 17.9 Å². The van der Waals surface area contributed by atoms with E-state index >= 15 is 0 Å². The normalized spacial score (nSPS) is 12.8. The number of thioether (sulfide) groups is 1. The molecule has 2 aromatic carbocycles. The first-order chi connectivity index (χ1) is 13.9. The van der Waals surface area contributed by atoms with E-state index < -0.39 is 22.0 Å². The van der Waals surface area contributed by atoms with Crippen molar-refractivity contribution in [1.29, 1.82) is 0 Å². The van der Waals surface area contributed by atoms with Gasteiger partial charge in [-0.15, -0.1) is 11.3 Å². The van der Waals surface area contributed by atoms with Crippen molar-refractivity contribution in [2.75, 3.05) is 12.0 Å². The van der Waals surface area contributed by atoms with Crippen LogP contribution in [0, 0.1) is 0 Å². The number of aromatic nitrogens is 1. The third-order valence-corrected chi connectivity index (χ3v) is 7.39. The second kappa shape index (κ2) is 9.90. The number of thiazole rings is 1. The summed E-state index contributed by atoms with van der Waals surface area (Å²) in [6.07, 6.45) is 2.20. The maximum atomic E-state index is 12.6. The molecule has 1 N–H and O–H groups in total. The Hall–Kier alpha value is -1.65. The van der Waals surface area contributed by atoms with Crippen LogP contribution in [0.4, 0.5) is 0 Å². The summed E-state index contributed by atoms with van der Waals surface area (Å²) in [6, 6.07) is 12.4. The Labute approximate surface area is 182 Å². The van der Waals surface area contributed by atoms with Crippen molar-refractivity contribution in [3.05, 3.63) is 58.6 Å². The van der Waals surface area contributed by atoms with Crippen LogP contribution >= 0.6 is 34.7 Å². The molecule has 0 saturated heterocycles. The number of rotatable bonds is 9. The van der Waals surface area contributed by atoms with E-state index in [0.717, 1.165) is 10.2 Å². The molecule has 1 atom stereocenters. The van der Waals surface area contributed by atoms with Crippen LogP contribution in [0.1, 0.15) is 11.4 Å². The number of halogens is 1. The molecule has 0 unspecified atom stereocenters. The van der Waals surface area contributed by atoms with Gasteiger partial charge in [0.05, 0.1) is 15.1 Å². The Kier molecular flexibility index (Phi) is 7.53. The number of nitrogens with zero attached hydrogens (tertiary/aromatic N) is 1. The molecule has 0 saturated carbocycles. The summed E-state index contributed by atoms with van der Waals surface area (Å²) in [5.41, 5.74) is 0.839. The summed E-state index contributed by atoms with van der Waals surface area (Å²) < 4.78 is 34.1. The smallest absolute Gasteiger partial charge is 0.324 e. The Morgan fingerprint density at radius 3 is 2.66 bits per heavy atom. The third kappa shape index (κ3) is 5.93. The molecule has 1 heterocycles. The van der Waals surface area contributed by atoms with Gasteiger partial charge in [0.25, 0.3) is 0 Å². The van der Waals surface area contributed by atoms with Crippen molar-refractivity contribution in [2.45, 2.75) is 24.0 Å². The molecule has 154 valence electrons. The molecule has 3 rings (SSSR count). The molecule has 0 spiro atoms. The number of benzene rings is 2. The first kappa shape index (κ1) is 22.0. The lowest BCUT2D eigenvalue weighted by molar-refractivity contribution is -0.147. The number of hydrogen-bond acceptors (Lipinski definition) is 7. The average Bonchev–Trinajstić information content (AvgIpc) is 3.12. The van der Waals surface area contributed by atoms with Crippen LogP contribution in [0.3, 0.4) is 0 Å². The molecule has 6 nitrogen and oxygen atoms in total. The molecule has 0 fully saturated rings. The van der Waals surface area contributed by atoms with Gasteiger partial charge in [-0.2, -0.15) is 16.5 Å². The van der Waals surface area contributed by atoms with Crippen LogP contribution in [0.5, 0.6) is 0 Å². The van der Waals surface area contributed by atoms with E-state index in [1.165, 1.54) is 47.4 Å². The van der Waals surface area contributed by atoms with Crippen LogP contribution in [-0.2, 0) is 26.2 Å². The number of nitrogens with one attached hydrogen (secondary N) is 1. The first-order valence-corrected chi connectivity index (χ1v) is 12.7. The van der Waals surface area contributed by atoms with Gasteiger partial charge in [0.2, 0.25) is 10.0 Å². The molecule has 29 heavy (non-hydrogen) atoms. The highest BCUT2D eigenvalue weighted by atomic mass is 35.5. The maximum absolute atomic E-state index is 12.6. The van der Waals surface area contributed by atoms with Crippen LogP contribution < -0.4 is 4.72 Å². The standard InChI is InChI=1S/C19H19ClN2O4S3/c1-27-11-10-16(22-29(24,25)14-8-6-13(20)7-9-14)19(23)26-12-18-21-15-4-2-3-5-17(15)28-18/h2-9,16,22H,10-12H2,1H3/t16-/m1/s1. The first-order valence-electron chi connectivity index (χ1n) is 8.67. The monoisotopic (exact) mass is 470 g/mol. The highest BCUT2D eigenvalue weighted by Crippen LogP contribution is 2.22.